The van der Waals surface area contributed by atoms with Crippen molar-refractivity contribution in [2.75, 3.05) is 6.61 Å². The number of rotatable bonds is 1. The molecule has 15 heavy (non-hydrogen) atoms. The second-order valence-electron chi connectivity index (χ2n) is 4.96. The van der Waals surface area contributed by atoms with Gasteiger partial charge in [0.15, 0.2) is 0 Å². The topological polar surface area (TPSA) is 29.5 Å². The van der Waals surface area contributed by atoms with Crippen LogP contribution in [0, 0.1) is 6.92 Å². The molecule has 0 aliphatic carbocycles. The molecule has 0 spiro atoms. The molecule has 0 saturated carbocycles. The number of thiophene rings is 1. The van der Waals surface area contributed by atoms with E-state index in [1.54, 1.807) is 11.3 Å². The van der Waals surface area contributed by atoms with Crippen molar-refractivity contribution in [3.05, 3.63) is 21.9 Å². The van der Waals surface area contributed by atoms with Gasteiger partial charge in [-0.05, 0) is 37.8 Å². The van der Waals surface area contributed by atoms with E-state index in [1.807, 2.05) is 25.3 Å². The minimum atomic E-state index is -0.689. The summed E-state index contributed by atoms with van der Waals surface area (Å²) in [5, 5.41) is 12.7. The van der Waals surface area contributed by atoms with Gasteiger partial charge in [-0.3, -0.25) is 0 Å². The van der Waals surface area contributed by atoms with Gasteiger partial charge in [0.05, 0.1) is 17.8 Å². The highest BCUT2D eigenvalue weighted by Gasteiger charge is 2.41. The highest BCUT2D eigenvalue weighted by molar-refractivity contribution is 7.10. The van der Waals surface area contributed by atoms with E-state index in [2.05, 4.69) is 6.92 Å². The second-order valence-corrected chi connectivity index (χ2v) is 6.08. The van der Waals surface area contributed by atoms with Gasteiger partial charge in [0.1, 0.15) is 0 Å². The highest BCUT2D eigenvalue weighted by Crippen LogP contribution is 2.41. The lowest BCUT2D eigenvalue weighted by Gasteiger charge is -2.41. The standard InChI is InChI=1S/C12H18O2S/c1-9-10(4-7-15-9)12(13)5-6-14-11(2,3)8-12/h4,7,13H,5-6,8H2,1-3H3. The van der Waals surface area contributed by atoms with Crippen molar-refractivity contribution in [1.82, 2.24) is 0 Å². The van der Waals surface area contributed by atoms with Gasteiger partial charge in [0.25, 0.3) is 0 Å². The van der Waals surface area contributed by atoms with Gasteiger partial charge in [-0.1, -0.05) is 0 Å². The molecule has 1 aromatic heterocycles. The maximum absolute atomic E-state index is 10.7. The molecule has 1 saturated heterocycles. The zero-order valence-corrected chi connectivity index (χ0v) is 10.4. The predicted octanol–water partition coefficient (Wildman–Crippen LogP) is 2.83. The van der Waals surface area contributed by atoms with E-state index in [0.717, 1.165) is 5.56 Å². The Kier molecular flexibility index (Phi) is 2.65. The summed E-state index contributed by atoms with van der Waals surface area (Å²) < 4.78 is 5.64. The van der Waals surface area contributed by atoms with Crippen molar-refractivity contribution in [3.8, 4) is 0 Å². The van der Waals surface area contributed by atoms with Crippen LogP contribution in [0.3, 0.4) is 0 Å². The van der Waals surface area contributed by atoms with Gasteiger partial charge in [-0.25, -0.2) is 0 Å². The van der Waals surface area contributed by atoms with E-state index in [1.165, 1.54) is 4.88 Å². The molecule has 1 aromatic rings. The van der Waals surface area contributed by atoms with Crippen LogP contribution in [0.5, 0.6) is 0 Å². The number of aryl methyl sites for hydroxylation is 1. The first-order chi connectivity index (χ1) is 6.93. The first-order valence-corrected chi connectivity index (χ1v) is 6.22. The van der Waals surface area contributed by atoms with Crippen molar-refractivity contribution in [3.63, 3.8) is 0 Å². The Morgan fingerprint density at radius 1 is 1.47 bits per heavy atom. The Morgan fingerprint density at radius 3 is 2.73 bits per heavy atom. The van der Waals surface area contributed by atoms with Crippen LogP contribution < -0.4 is 0 Å². The molecule has 2 nitrogen and oxygen atoms in total. The Morgan fingerprint density at radius 2 is 2.20 bits per heavy atom. The third kappa shape index (κ3) is 2.10. The fraction of sp³-hybridized carbons (Fsp3) is 0.667. The fourth-order valence-electron chi connectivity index (χ4n) is 2.44. The van der Waals surface area contributed by atoms with Crippen LogP contribution in [0.1, 0.15) is 37.1 Å². The molecule has 1 aliphatic rings. The average Bonchev–Trinajstić information content (AvgIpc) is 2.49. The summed E-state index contributed by atoms with van der Waals surface area (Å²) >= 11 is 1.70. The van der Waals surface area contributed by atoms with E-state index in [9.17, 15) is 5.11 Å². The molecule has 0 radical (unpaired) electrons. The number of hydrogen-bond donors (Lipinski definition) is 1. The molecule has 1 unspecified atom stereocenters. The first kappa shape index (κ1) is 11.1. The molecule has 1 aliphatic heterocycles. The summed E-state index contributed by atoms with van der Waals surface area (Å²) in [5.41, 5.74) is 0.177. The smallest absolute Gasteiger partial charge is 0.0956 e. The molecule has 1 atom stereocenters. The van der Waals surface area contributed by atoms with Gasteiger partial charge in [0.2, 0.25) is 0 Å². The lowest BCUT2D eigenvalue weighted by Crippen LogP contribution is -2.43. The fourth-order valence-corrected chi connectivity index (χ4v) is 3.23. The quantitative estimate of drug-likeness (QED) is 0.798. The Bertz CT molecular complexity index is 356. The molecule has 0 amide bonds. The summed E-state index contributed by atoms with van der Waals surface area (Å²) in [4.78, 5) is 1.22. The van der Waals surface area contributed by atoms with Crippen molar-refractivity contribution in [1.29, 1.82) is 0 Å². The van der Waals surface area contributed by atoms with E-state index < -0.39 is 5.60 Å². The first-order valence-electron chi connectivity index (χ1n) is 5.34. The van der Waals surface area contributed by atoms with E-state index in [0.29, 0.717) is 19.4 Å². The molecule has 2 heterocycles. The van der Waals surface area contributed by atoms with Crippen LogP contribution in [0.15, 0.2) is 11.4 Å². The van der Waals surface area contributed by atoms with E-state index >= 15 is 0 Å². The molecule has 84 valence electrons. The van der Waals surface area contributed by atoms with Crippen LogP contribution in [0.25, 0.3) is 0 Å². The molecular formula is C12H18O2S. The maximum Gasteiger partial charge on any atom is 0.0956 e. The summed E-state index contributed by atoms with van der Waals surface area (Å²) in [6, 6.07) is 2.04. The third-order valence-electron chi connectivity index (χ3n) is 3.09. The van der Waals surface area contributed by atoms with Gasteiger partial charge in [-0.15, -0.1) is 11.3 Å². The second kappa shape index (κ2) is 3.58. The van der Waals surface area contributed by atoms with Crippen LogP contribution >= 0.6 is 11.3 Å². The molecule has 1 fully saturated rings. The third-order valence-corrected chi connectivity index (χ3v) is 3.93. The summed E-state index contributed by atoms with van der Waals surface area (Å²) in [7, 11) is 0. The molecule has 0 bridgehead atoms. The van der Waals surface area contributed by atoms with Crippen LogP contribution in [0.2, 0.25) is 0 Å². The van der Waals surface area contributed by atoms with E-state index in [4.69, 9.17) is 4.74 Å². The SMILES string of the molecule is Cc1sccc1C1(O)CCOC(C)(C)C1. The Balaban J connectivity index is 2.31. The van der Waals surface area contributed by atoms with Gasteiger partial charge in [0, 0.05) is 17.7 Å². The highest BCUT2D eigenvalue weighted by atomic mass is 32.1. The predicted molar refractivity (Wildman–Crippen MR) is 62.2 cm³/mol. The van der Waals surface area contributed by atoms with Gasteiger partial charge in [-0.2, -0.15) is 0 Å². The summed E-state index contributed by atoms with van der Waals surface area (Å²) in [6.45, 7) is 6.79. The van der Waals surface area contributed by atoms with Gasteiger partial charge >= 0.3 is 0 Å². The zero-order chi connectivity index (χ0) is 11.1. The van der Waals surface area contributed by atoms with Crippen LogP contribution in [-0.4, -0.2) is 17.3 Å². The lowest BCUT2D eigenvalue weighted by molar-refractivity contribution is -0.148. The van der Waals surface area contributed by atoms with Crippen molar-refractivity contribution >= 4 is 11.3 Å². The number of aliphatic hydroxyl groups is 1. The normalized spacial score (nSPS) is 30.4. The lowest BCUT2D eigenvalue weighted by atomic mass is 9.79. The van der Waals surface area contributed by atoms with Crippen molar-refractivity contribution < 1.29 is 9.84 Å². The van der Waals surface area contributed by atoms with Gasteiger partial charge < -0.3 is 9.84 Å². The molecule has 3 heteroatoms. The summed E-state index contributed by atoms with van der Waals surface area (Å²) in [6.07, 6.45) is 1.38. The minimum absolute atomic E-state index is 0.221. The summed E-state index contributed by atoms with van der Waals surface area (Å²) in [5.74, 6) is 0. The largest absolute Gasteiger partial charge is 0.385 e. The van der Waals surface area contributed by atoms with Crippen LogP contribution in [-0.2, 0) is 10.3 Å². The van der Waals surface area contributed by atoms with Crippen LogP contribution in [0.4, 0.5) is 0 Å². The molecule has 0 aromatic carbocycles. The zero-order valence-electron chi connectivity index (χ0n) is 9.54. The number of hydrogen-bond acceptors (Lipinski definition) is 3. The van der Waals surface area contributed by atoms with Crippen molar-refractivity contribution in [2.45, 2.75) is 44.8 Å². The average molecular weight is 226 g/mol. The molecular weight excluding hydrogens is 208 g/mol. The molecule has 1 N–H and O–H groups in total. The molecule has 2 rings (SSSR count). The monoisotopic (exact) mass is 226 g/mol. The Labute approximate surface area is 94.9 Å². The van der Waals surface area contributed by atoms with E-state index in [-0.39, 0.29) is 5.60 Å². The number of ether oxygens (including phenoxy) is 1. The minimum Gasteiger partial charge on any atom is -0.385 e. The van der Waals surface area contributed by atoms with Crippen molar-refractivity contribution in [2.24, 2.45) is 0 Å². The maximum atomic E-state index is 10.7. The Hall–Kier alpha value is -0.380.